The van der Waals surface area contributed by atoms with Gasteiger partial charge in [0.05, 0.1) is 57.3 Å². The first-order chi connectivity index (χ1) is 22.2. The molecule has 0 saturated carbocycles. The lowest BCUT2D eigenvalue weighted by atomic mass is 9.74. The Hall–Kier alpha value is -2.65. The molecule has 3 N–H and O–H groups in total. The van der Waals surface area contributed by atoms with Gasteiger partial charge in [0.15, 0.2) is 12.4 Å². The van der Waals surface area contributed by atoms with Crippen molar-refractivity contribution >= 4 is 17.9 Å². The van der Waals surface area contributed by atoms with Gasteiger partial charge in [-0.3, -0.25) is 4.79 Å². The Labute approximate surface area is 275 Å². The second kappa shape index (κ2) is 16.2. The van der Waals surface area contributed by atoms with Crippen molar-refractivity contribution in [2.75, 3.05) is 20.3 Å². The van der Waals surface area contributed by atoms with Crippen molar-refractivity contribution in [1.82, 2.24) is 0 Å². The Morgan fingerprint density at radius 2 is 1.77 bits per heavy atom. The number of hydrogen-bond acceptors (Lipinski definition) is 13. The summed E-state index contributed by atoms with van der Waals surface area (Å²) in [5.41, 5.74) is -1.08. The van der Waals surface area contributed by atoms with Crippen molar-refractivity contribution in [3.05, 3.63) is 36.0 Å². The maximum Gasteiger partial charge on any atom is 0.333 e. The van der Waals surface area contributed by atoms with Crippen LogP contribution in [0.4, 0.5) is 0 Å². The van der Waals surface area contributed by atoms with Crippen LogP contribution >= 0.6 is 0 Å². The van der Waals surface area contributed by atoms with Crippen molar-refractivity contribution in [2.24, 2.45) is 5.41 Å². The van der Waals surface area contributed by atoms with E-state index in [1.165, 1.54) is 14.0 Å². The van der Waals surface area contributed by atoms with Gasteiger partial charge in [-0.15, -0.1) is 0 Å². The van der Waals surface area contributed by atoms with E-state index in [-0.39, 0.29) is 55.1 Å². The number of aliphatic hydroxyl groups excluding tert-OH is 2. The van der Waals surface area contributed by atoms with Crippen molar-refractivity contribution in [1.29, 1.82) is 0 Å². The van der Waals surface area contributed by atoms with Crippen LogP contribution in [0.3, 0.4) is 0 Å². The zero-order valence-corrected chi connectivity index (χ0v) is 27.8. The molecule has 0 aromatic carbocycles. The lowest BCUT2D eigenvalue weighted by Crippen LogP contribution is -2.62. The fourth-order valence-corrected chi connectivity index (χ4v) is 6.52. The zero-order chi connectivity index (χ0) is 34.4. The molecule has 9 atom stereocenters. The molecule has 6 bridgehead atoms. The molecule has 13 heteroatoms. The largest absolute Gasteiger partial charge is 0.466 e. The van der Waals surface area contributed by atoms with Gasteiger partial charge in [0.1, 0.15) is 6.10 Å². The molecule has 1 unspecified atom stereocenters. The van der Waals surface area contributed by atoms with Crippen LogP contribution in [-0.4, -0.2) is 108 Å². The average molecular weight is 667 g/mol. The summed E-state index contributed by atoms with van der Waals surface area (Å²) in [7, 11) is 1.19. The van der Waals surface area contributed by atoms with E-state index in [1.54, 1.807) is 26.0 Å². The molecule has 3 fully saturated rings. The van der Waals surface area contributed by atoms with Crippen LogP contribution in [0, 0.1) is 5.41 Å². The average Bonchev–Trinajstić information content (AvgIpc) is 3.01. The van der Waals surface area contributed by atoms with Crippen molar-refractivity contribution in [3.8, 4) is 0 Å². The highest BCUT2D eigenvalue weighted by molar-refractivity contribution is 5.87. The normalized spacial score (nSPS) is 38.4. The highest BCUT2D eigenvalue weighted by Gasteiger charge is 2.57. The van der Waals surface area contributed by atoms with E-state index in [2.05, 4.69) is 6.58 Å². The number of carbonyl (C=O) groups excluding carboxylic acids is 3. The Balaban J connectivity index is 1.73. The lowest BCUT2D eigenvalue weighted by Gasteiger charge is -2.51. The Kier molecular flexibility index (Phi) is 12.8. The van der Waals surface area contributed by atoms with E-state index in [9.17, 15) is 29.7 Å². The summed E-state index contributed by atoms with van der Waals surface area (Å²) in [6.07, 6.45) is 2.37. The van der Waals surface area contributed by atoms with Crippen LogP contribution in [0.1, 0.15) is 78.6 Å². The fraction of sp³-hybridized carbons (Fsp3) is 0.735. The number of cyclic esters (lactones) is 1. The number of ether oxygens (including phenoxy) is 7. The molecule has 13 nitrogen and oxygen atoms in total. The zero-order valence-electron chi connectivity index (χ0n) is 27.8. The van der Waals surface area contributed by atoms with Gasteiger partial charge in [0.2, 0.25) is 5.79 Å². The molecule has 47 heavy (non-hydrogen) atoms. The molecule has 0 amide bonds. The van der Waals surface area contributed by atoms with E-state index < -0.39 is 66.4 Å². The number of carbonyl (C=O) groups is 3. The van der Waals surface area contributed by atoms with Crippen molar-refractivity contribution in [3.63, 3.8) is 0 Å². The molecule has 4 heterocycles. The molecule has 4 rings (SSSR count). The van der Waals surface area contributed by atoms with Crippen LogP contribution in [-0.2, 0) is 47.5 Å². The Morgan fingerprint density at radius 3 is 2.45 bits per heavy atom. The van der Waals surface area contributed by atoms with Gasteiger partial charge in [-0.25, -0.2) is 9.59 Å². The molecule has 0 aliphatic carbocycles. The van der Waals surface area contributed by atoms with Crippen LogP contribution in [0.5, 0.6) is 0 Å². The second-order valence-electron chi connectivity index (χ2n) is 13.5. The number of aliphatic hydroxyl groups is 3. The maximum absolute atomic E-state index is 12.9. The SMILES string of the molecule is C=C(C)C(=O)O[C@H]1/C(=C/C(=O)OC)CC2C[C@H](CO)OC(=O)C[C@H](O)C[C@@H]3CCC[C@H](C[C@@H]4CCO[C@H](/C=C/C(C)(C)[C@]1(O)O2)O4)O3. The van der Waals surface area contributed by atoms with Gasteiger partial charge in [0, 0.05) is 29.9 Å². The fourth-order valence-electron chi connectivity index (χ4n) is 6.52. The standard InChI is InChI=1S/C34H50O13/c1-20(2)32(39)46-31-21(14-28(37)41-5)13-26-18-27(19-35)44-29(38)16-22(36)15-23-7-6-8-24(43-23)17-25-10-12-42-30(45-25)9-11-33(3,4)34(31,40)47-26/h9,11,14,22-27,30-31,35-36,40H,1,6-8,10,12-13,15-19H2,2-5H3/b11-9+,21-14+/t22-,23+,24-,25+,26?,27-,30+,31+,34-/m1/s1. The van der Waals surface area contributed by atoms with Gasteiger partial charge in [-0.05, 0) is 57.1 Å². The van der Waals surface area contributed by atoms with E-state index >= 15 is 0 Å². The van der Waals surface area contributed by atoms with Gasteiger partial charge in [-0.2, -0.15) is 0 Å². The predicted molar refractivity (Wildman–Crippen MR) is 165 cm³/mol. The predicted octanol–water partition coefficient (Wildman–Crippen LogP) is 2.54. The van der Waals surface area contributed by atoms with Crippen LogP contribution in [0.15, 0.2) is 36.0 Å². The van der Waals surface area contributed by atoms with Gasteiger partial charge in [-0.1, -0.05) is 26.5 Å². The minimum absolute atomic E-state index is 0.0429. The minimum atomic E-state index is -2.29. The molecule has 3 saturated heterocycles. The highest BCUT2D eigenvalue weighted by Crippen LogP contribution is 2.47. The van der Waals surface area contributed by atoms with Gasteiger partial charge >= 0.3 is 17.9 Å². The minimum Gasteiger partial charge on any atom is -0.466 e. The topological polar surface area (TPSA) is 177 Å². The Bertz CT molecular complexity index is 1190. The number of esters is 3. The van der Waals surface area contributed by atoms with Crippen LogP contribution < -0.4 is 0 Å². The molecular weight excluding hydrogens is 616 g/mol. The molecule has 0 radical (unpaired) electrons. The Morgan fingerprint density at radius 1 is 1.06 bits per heavy atom. The quantitative estimate of drug-likeness (QED) is 0.173. The highest BCUT2D eigenvalue weighted by atomic mass is 16.7. The van der Waals surface area contributed by atoms with E-state index in [0.717, 1.165) is 25.3 Å². The van der Waals surface area contributed by atoms with E-state index in [4.69, 9.17) is 33.2 Å². The molecule has 264 valence electrons. The summed E-state index contributed by atoms with van der Waals surface area (Å²) in [5.74, 6) is -4.58. The van der Waals surface area contributed by atoms with E-state index in [0.29, 0.717) is 19.4 Å². The van der Waals surface area contributed by atoms with E-state index in [1.807, 2.05) is 0 Å². The molecule has 4 aliphatic heterocycles. The summed E-state index contributed by atoms with van der Waals surface area (Å²) in [6.45, 7) is 8.28. The molecular formula is C34H50O13. The third-order valence-electron chi connectivity index (χ3n) is 9.15. The molecule has 0 aromatic heterocycles. The first kappa shape index (κ1) is 37.2. The first-order valence-electron chi connectivity index (χ1n) is 16.4. The van der Waals surface area contributed by atoms with Gasteiger partial charge in [0.25, 0.3) is 0 Å². The van der Waals surface area contributed by atoms with Crippen LogP contribution in [0.2, 0.25) is 0 Å². The summed E-state index contributed by atoms with van der Waals surface area (Å²) in [6, 6.07) is 0. The van der Waals surface area contributed by atoms with Crippen molar-refractivity contribution < 1.29 is 62.9 Å². The summed E-state index contributed by atoms with van der Waals surface area (Å²) in [5, 5.41) is 33.3. The monoisotopic (exact) mass is 666 g/mol. The third kappa shape index (κ3) is 9.71. The molecule has 0 spiro atoms. The first-order valence-corrected chi connectivity index (χ1v) is 16.4. The number of rotatable bonds is 4. The number of hydrogen-bond donors (Lipinski definition) is 3. The maximum atomic E-state index is 12.9. The lowest BCUT2D eigenvalue weighted by molar-refractivity contribution is -0.326. The smallest absolute Gasteiger partial charge is 0.333 e. The van der Waals surface area contributed by atoms with Crippen molar-refractivity contribution in [2.45, 2.75) is 133 Å². The number of methoxy groups -OCH3 is 1. The summed E-state index contributed by atoms with van der Waals surface area (Å²) in [4.78, 5) is 38.2. The second-order valence-corrected chi connectivity index (χ2v) is 13.5. The van der Waals surface area contributed by atoms with Gasteiger partial charge < -0.3 is 48.5 Å². The summed E-state index contributed by atoms with van der Waals surface area (Å²) >= 11 is 0. The summed E-state index contributed by atoms with van der Waals surface area (Å²) < 4.78 is 40.8. The number of fused-ring (bicyclic) bond motifs is 6. The molecule has 0 aromatic rings. The third-order valence-corrected chi connectivity index (χ3v) is 9.15. The van der Waals surface area contributed by atoms with Crippen LogP contribution in [0.25, 0.3) is 0 Å². The molecule has 4 aliphatic rings.